The molecule has 172 valence electrons. The number of aromatic nitrogens is 2. The summed E-state index contributed by atoms with van der Waals surface area (Å²) < 4.78 is 21.2. The number of likely N-dealkylation sites (tertiary alicyclic amines) is 1. The molecule has 0 saturated carbocycles. The highest BCUT2D eigenvalue weighted by Crippen LogP contribution is 2.28. The Bertz CT molecular complexity index is 1180. The zero-order valence-corrected chi connectivity index (χ0v) is 19.2. The zero-order chi connectivity index (χ0) is 23.5. The van der Waals surface area contributed by atoms with E-state index in [1.165, 1.54) is 6.07 Å². The van der Waals surface area contributed by atoms with E-state index in [2.05, 4.69) is 5.10 Å². The Morgan fingerprint density at radius 2 is 1.82 bits per heavy atom. The molecule has 4 rings (SSSR count). The number of hydrogen-bond donors (Lipinski definition) is 0. The normalized spacial score (nSPS) is 14.4. The summed E-state index contributed by atoms with van der Waals surface area (Å²) in [6, 6.07) is 14.0. The molecule has 0 N–H and O–H groups in total. The standard InChI is InChI=1S/C26H28FN3O3/c1-4-33-26(32)19-11-13-29(14-12-19)25(31)24-16-22(20-7-5-6-8-21(20)27)28-30(24)23-10-9-17(2)15-18(23)3/h5-10,15-16,19H,4,11-14H2,1-3H3. The van der Waals surface area contributed by atoms with E-state index in [4.69, 9.17) is 4.74 Å². The number of halogens is 1. The Labute approximate surface area is 193 Å². The Balaban J connectivity index is 1.69. The molecule has 0 spiro atoms. The smallest absolute Gasteiger partial charge is 0.309 e. The van der Waals surface area contributed by atoms with Crippen LogP contribution in [0.5, 0.6) is 0 Å². The summed E-state index contributed by atoms with van der Waals surface area (Å²) in [6.45, 7) is 7.02. The first-order chi connectivity index (χ1) is 15.9. The minimum atomic E-state index is -0.392. The van der Waals surface area contributed by atoms with Crippen LogP contribution in [0.4, 0.5) is 4.39 Å². The molecule has 0 bridgehead atoms. The Hall–Kier alpha value is -3.48. The highest BCUT2D eigenvalue weighted by Gasteiger charge is 2.31. The predicted octanol–water partition coefficient (Wildman–Crippen LogP) is 4.71. The summed E-state index contributed by atoms with van der Waals surface area (Å²) in [6.07, 6.45) is 1.12. The molecule has 0 aliphatic carbocycles. The number of benzene rings is 2. The summed E-state index contributed by atoms with van der Waals surface area (Å²) >= 11 is 0. The van der Waals surface area contributed by atoms with Crippen LogP contribution < -0.4 is 0 Å². The van der Waals surface area contributed by atoms with Crippen LogP contribution in [0.2, 0.25) is 0 Å². The van der Waals surface area contributed by atoms with Crippen molar-refractivity contribution < 1.29 is 18.7 Å². The van der Waals surface area contributed by atoms with Gasteiger partial charge in [-0.15, -0.1) is 0 Å². The van der Waals surface area contributed by atoms with Crippen molar-refractivity contribution >= 4 is 11.9 Å². The molecule has 1 amide bonds. The van der Waals surface area contributed by atoms with E-state index in [0.717, 1.165) is 16.8 Å². The van der Waals surface area contributed by atoms with Crippen molar-refractivity contribution in [3.8, 4) is 16.9 Å². The molecule has 1 fully saturated rings. The molecule has 1 saturated heterocycles. The number of hydrogen-bond acceptors (Lipinski definition) is 4. The molecule has 7 heteroatoms. The van der Waals surface area contributed by atoms with Crippen molar-refractivity contribution in [3.05, 3.63) is 71.2 Å². The first-order valence-corrected chi connectivity index (χ1v) is 11.3. The summed E-state index contributed by atoms with van der Waals surface area (Å²) in [5.74, 6) is -0.969. The summed E-state index contributed by atoms with van der Waals surface area (Å²) in [5.41, 5.74) is 3.96. The van der Waals surface area contributed by atoms with Crippen molar-refractivity contribution in [1.82, 2.24) is 14.7 Å². The largest absolute Gasteiger partial charge is 0.466 e. The first-order valence-electron chi connectivity index (χ1n) is 11.3. The van der Waals surface area contributed by atoms with Gasteiger partial charge in [0.2, 0.25) is 0 Å². The molecule has 0 atom stereocenters. The van der Waals surface area contributed by atoms with Crippen molar-refractivity contribution in [3.63, 3.8) is 0 Å². The zero-order valence-electron chi connectivity index (χ0n) is 19.2. The number of carbonyl (C=O) groups excluding carboxylic acids is 2. The van der Waals surface area contributed by atoms with Crippen LogP contribution in [0, 0.1) is 25.6 Å². The number of nitrogens with zero attached hydrogens (tertiary/aromatic N) is 3. The van der Waals surface area contributed by atoms with Gasteiger partial charge in [0.1, 0.15) is 11.5 Å². The topological polar surface area (TPSA) is 64.4 Å². The lowest BCUT2D eigenvalue weighted by atomic mass is 9.97. The molecule has 0 radical (unpaired) electrons. The average molecular weight is 450 g/mol. The maximum Gasteiger partial charge on any atom is 0.309 e. The fraction of sp³-hybridized carbons (Fsp3) is 0.346. The highest BCUT2D eigenvalue weighted by molar-refractivity contribution is 5.94. The maximum absolute atomic E-state index is 14.5. The quantitative estimate of drug-likeness (QED) is 0.529. The lowest BCUT2D eigenvalue weighted by Crippen LogP contribution is -2.41. The molecular weight excluding hydrogens is 421 g/mol. The third kappa shape index (κ3) is 4.67. The Morgan fingerprint density at radius 3 is 2.48 bits per heavy atom. The molecule has 3 aromatic rings. The van der Waals surface area contributed by atoms with Crippen LogP contribution in [0.3, 0.4) is 0 Å². The Kier molecular flexibility index (Phi) is 6.58. The predicted molar refractivity (Wildman–Crippen MR) is 124 cm³/mol. The number of aryl methyl sites for hydroxylation is 2. The molecule has 1 aliphatic heterocycles. The fourth-order valence-electron chi connectivity index (χ4n) is 4.30. The van der Waals surface area contributed by atoms with Gasteiger partial charge in [-0.3, -0.25) is 9.59 Å². The molecule has 2 aromatic carbocycles. The Morgan fingerprint density at radius 1 is 1.09 bits per heavy atom. The molecule has 33 heavy (non-hydrogen) atoms. The van der Waals surface area contributed by atoms with Gasteiger partial charge in [-0.05, 0) is 63.4 Å². The van der Waals surface area contributed by atoms with E-state index < -0.39 is 5.82 Å². The fourth-order valence-corrected chi connectivity index (χ4v) is 4.30. The van der Waals surface area contributed by atoms with Gasteiger partial charge in [-0.2, -0.15) is 5.10 Å². The minimum absolute atomic E-state index is 0.188. The van der Waals surface area contributed by atoms with E-state index >= 15 is 0 Å². The number of amides is 1. The van der Waals surface area contributed by atoms with Crippen LogP contribution in [-0.4, -0.2) is 46.3 Å². The van der Waals surface area contributed by atoms with Gasteiger partial charge in [0, 0.05) is 18.7 Å². The SMILES string of the molecule is CCOC(=O)C1CCN(C(=O)c2cc(-c3ccccc3F)nn2-c2ccc(C)cc2C)CC1. The number of esters is 1. The van der Waals surface area contributed by atoms with Gasteiger partial charge in [-0.25, -0.2) is 9.07 Å². The van der Waals surface area contributed by atoms with Crippen LogP contribution in [0.15, 0.2) is 48.5 Å². The number of piperidine rings is 1. The van der Waals surface area contributed by atoms with E-state index in [-0.39, 0.29) is 17.8 Å². The van der Waals surface area contributed by atoms with Gasteiger partial charge in [0.25, 0.3) is 5.91 Å². The van der Waals surface area contributed by atoms with Crippen molar-refractivity contribution in [2.75, 3.05) is 19.7 Å². The highest BCUT2D eigenvalue weighted by atomic mass is 19.1. The number of rotatable bonds is 5. The third-order valence-electron chi connectivity index (χ3n) is 6.06. The van der Waals surface area contributed by atoms with Crippen molar-refractivity contribution in [2.24, 2.45) is 5.92 Å². The maximum atomic E-state index is 14.5. The summed E-state index contributed by atoms with van der Waals surface area (Å²) in [4.78, 5) is 27.4. The molecule has 1 aromatic heterocycles. The summed E-state index contributed by atoms with van der Waals surface area (Å²) in [5, 5.41) is 4.64. The second kappa shape index (κ2) is 9.57. The van der Waals surface area contributed by atoms with Gasteiger partial charge >= 0.3 is 5.97 Å². The lowest BCUT2D eigenvalue weighted by molar-refractivity contribution is -0.149. The molecule has 1 aliphatic rings. The first kappa shape index (κ1) is 22.7. The van der Waals surface area contributed by atoms with Gasteiger partial charge in [0.15, 0.2) is 0 Å². The number of ether oxygens (including phenoxy) is 1. The minimum Gasteiger partial charge on any atom is -0.466 e. The number of carbonyl (C=O) groups is 2. The van der Waals surface area contributed by atoms with Crippen molar-refractivity contribution in [2.45, 2.75) is 33.6 Å². The molecule has 0 unspecified atom stereocenters. The van der Waals surface area contributed by atoms with E-state index in [1.54, 1.807) is 40.8 Å². The van der Waals surface area contributed by atoms with Gasteiger partial charge < -0.3 is 9.64 Å². The molecule has 2 heterocycles. The van der Waals surface area contributed by atoms with Crippen LogP contribution in [0.25, 0.3) is 16.9 Å². The van der Waals surface area contributed by atoms with Crippen LogP contribution in [0.1, 0.15) is 41.4 Å². The van der Waals surface area contributed by atoms with Gasteiger partial charge in [-0.1, -0.05) is 29.8 Å². The lowest BCUT2D eigenvalue weighted by Gasteiger charge is -2.31. The second-order valence-electron chi connectivity index (χ2n) is 8.41. The summed E-state index contributed by atoms with van der Waals surface area (Å²) in [7, 11) is 0. The van der Waals surface area contributed by atoms with Crippen molar-refractivity contribution in [1.29, 1.82) is 0 Å². The molecule has 6 nitrogen and oxygen atoms in total. The van der Waals surface area contributed by atoms with E-state index in [0.29, 0.717) is 49.5 Å². The van der Waals surface area contributed by atoms with E-state index in [9.17, 15) is 14.0 Å². The molecular formula is C26H28FN3O3. The van der Waals surface area contributed by atoms with E-state index in [1.807, 2.05) is 32.0 Å². The third-order valence-corrected chi connectivity index (χ3v) is 6.06. The monoisotopic (exact) mass is 449 g/mol. The second-order valence-corrected chi connectivity index (χ2v) is 8.41. The average Bonchev–Trinajstić information content (AvgIpc) is 3.24. The van der Waals surface area contributed by atoms with Gasteiger partial charge in [0.05, 0.1) is 23.9 Å². The van der Waals surface area contributed by atoms with Crippen LogP contribution in [-0.2, 0) is 9.53 Å². The van der Waals surface area contributed by atoms with Crippen LogP contribution >= 0.6 is 0 Å².